The van der Waals surface area contributed by atoms with E-state index in [1.807, 2.05) is 6.07 Å². The average molecular weight is 313 g/mol. The average Bonchev–Trinajstić information content (AvgIpc) is 2.68. The van der Waals surface area contributed by atoms with Crippen LogP contribution in [0.1, 0.15) is 12.0 Å². The number of anilines is 1. The van der Waals surface area contributed by atoms with Crippen LogP contribution in [0, 0.1) is 11.3 Å². The van der Waals surface area contributed by atoms with Crippen molar-refractivity contribution in [2.75, 3.05) is 24.7 Å². The molecule has 7 heteroatoms. The summed E-state index contributed by atoms with van der Waals surface area (Å²) in [4.78, 5) is 13.9. The third-order valence-electron chi connectivity index (χ3n) is 3.33. The molecule has 0 aromatic heterocycles. The number of halogens is 2. The highest BCUT2D eigenvalue weighted by Gasteiger charge is 2.56. The van der Waals surface area contributed by atoms with Gasteiger partial charge in [-0.2, -0.15) is 5.26 Å². The molecule has 2 heterocycles. The second-order valence-corrected chi connectivity index (χ2v) is 5.28. The highest BCUT2D eigenvalue weighted by molar-refractivity contribution is 6.38. The van der Waals surface area contributed by atoms with E-state index in [1.54, 1.807) is 12.1 Å². The molecule has 1 spiro atoms. The fraction of sp³-hybridized carbons (Fsp3) is 0.385. The van der Waals surface area contributed by atoms with Crippen LogP contribution in [0.3, 0.4) is 0 Å². The number of amides is 1. The maximum atomic E-state index is 12.6. The molecule has 0 bridgehead atoms. The van der Waals surface area contributed by atoms with E-state index < -0.39 is 11.7 Å². The van der Waals surface area contributed by atoms with Crippen molar-refractivity contribution in [2.24, 2.45) is 0 Å². The van der Waals surface area contributed by atoms with Gasteiger partial charge in [0.25, 0.3) is 11.7 Å². The molecule has 1 saturated heterocycles. The Hall–Kier alpha value is -1.32. The Morgan fingerprint density at radius 1 is 1.30 bits per heavy atom. The molecule has 1 amide bonds. The molecule has 0 N–H and O–H groups in total. The summed E-state index contributed by atoms with van der Waals surface area (Å²) in [5, 5.41) is 9.58. The number of nitriles is 1. The first-order valence-corrected chi connectivity index (χ1v) is 6.82. The maximum Gasteiger partial charge on any atom is 0.293 e. The lowest BCUT2D eigenvalue weighted by Gasteiger charge is -2.32. The lowest BCUT2D eigenvalue weighted by Crippen LogP contribution is -2.47. The van der Waals surface area contributed by atoms with Crippen LogP contribution in [0.5, 0.6) is 0 Å². The van der Waals surface area contributed by atoms with Crippen LogP contribution in [0.25, 0.3) is 0 Å². The minimum atomic E-state index is -1.56. The number of carbonyl (C=O) groups is 1. The quantitative estimate of drug-likeness (QED) is 0.747. The van der Waals surface area contributed by atoms with Gasteiger partial charge in [-0.1, -0.05) is 23.2 Å². The van der Waals surface area contributed by atoms with Gasteiger partial charge in [0.05, 0.1) is 40.6 Å². The van der Waals surface area contributed by atoms with Crippen molar-refractivity contribution in [1.82, 2.24) is 0 Å². The molecule has 1 fully saturated rings. The Kier molecular flexibility index (Phi) is 3.35. The minimum Gasteiger partial charge on any atom is -0.338 e. The molecule has 1 aromatic carbocycles. The summed E-state index contributed by atoms with van der Waals surface area (Å²) in [6.45, 7) is 0.628. The number of ether oxygens (including phenoxy) is 2. The van der Waals surface area contributed by atoms with Crippen molar-refractivity contribution in [3.05, 3.63) is 27.7 Å². The second kappa shape index (κ2) is 4.90. The van der Waals surface area contributed by atoms with Gasteiger partial charge in [-0.15, -0.1) is 0 Å². The predicted molar refractivity (Wildman–Crippen MR) is 72.6 cm³/mol. The topological polar surface area (TPSA) is 62.6 Å². The van der Waals surface area contributed by atoms with E-state index in [0.717, 1.165) is 0 Å². The molecular weight excluding hydrogens is 303 g/mol. The van der Waals surface area contributed by atoms with Crippen molar-refractivity contribution in [2.45, 2.75) is 12.2 Å². The number of hydrogen-bond acceptors (Lipinski definition) is 4. The lowest BCUT2D eigenvalue weighted by atomic mass is 10.1. The van der Waals surface area contributed by atoms with Gasteiger partial charge in [-0.3, -0.25) is 9.69 Å². The van der Waals surface area contributed by atoms with Crippen molar-refractivity contribution >= 4 is 34.8 Å². The Morgan fingerprint density at radius 2 is 1.95 bits per heavy atom. The Labute approximate surface area is 125 Å². The Bertz CT molecular complexity index is 621. The molecule has 20 heavy (non-hydrogen) atoms. The molecule has 0 unspecified atom stereocenters. The zero-order valence-corrected chi connectivity index (χ0v) is 11.9. The van der Waals surface area contributed by atoms with Gasteiger partial charge in [0.15, 0.2) is 0 Å². The van der Waals surface area contributed by atoms with Gasteiger partial charge >= 0.3 is 0 Å². The number of benzene rings is 1. The smallest absolute Gasteiger partial charge is 0.293 e. The first-order chi connectivity index (χ1) is 9.62. The number of nitrogens with zero attached hydrogens (tertiary/aromatic N) is 2. The van der Waals surface area contributed by atoms with Gasteiger partial charge < -0.3 is 9.47 Å². The third kappa shape index (κ3) is 1.73. The summed E-state index contributed by atoms with van der Waals surface area (Å²) in [6.07, 6.45) is 0.695. The van der Waals surface area contributed by atoms with E-state index >= 15 is 0 Å². The summed E-state index contributed by atoms with van der Waals surface area (Å²) in [6, 6.07) is 5.12. The van der Waals surface area contributed by atoms with E-state index in [2.05, 4.69) is 0 Å². The zero-order chi connectivity index (χ0) is 14.3. The molecule has 5 nitrogen and oxygen atoms in total. The molecule has 1 aromatic rings. The fourth-order valence-corrected chi connectivity index (χ4v) is 3.06. The fourth-order valence-electron chi connectivity index (χ4n) is 2.53. The van der Waals surface area contributed by atoms with Crippen LogP contribution < -0.4 is 4.90 Å². The van der Waals surface area contributed by atoms with Crippen molar-refractivity contribution in [3.63, 3.8) is 0 Å². The van der Waals surface area contributed by atoms with E-state index in [-0.39, 0.29) is 6.54 Å². The van der Waals surface area contributed by atoms with E-state index in [4.69, 9.17) is 37.9 Å². The molecule has 0 radical (unpaired) electrons. The first-order valence-electron chi connectivity index (χ1n) is 6.07. The number of hydrogen-bond donors (Lipinski definition) is 0. The lowest BCUT2D eigenvalue weighted by molar-refractivity contribution is -0.256. The molecule has 0 atom stereocenters. The highest BCUT2D eigenvalue weighted by atomic mass is 35.5. The van der Waals surface area contributed by atoms with Crippen molar-refractivity contribution < 1.29 is 14.3 Å². The van der Waals surface area contributed by atoms with Gasteiger partial charge in [0.2, 0.25) is 0 Å². The minimum absolute atomic E-state index is 0.139. The number of rotatable bonds is 1. The summed E-state index contributed by atoms with van der Waals surface area (Å²) in [7, 11) is 0. The van der Waals surface area contributed by atoms with Crippen LogP contribution >= 0.6 is 23.2 Å². The molecule has 0 aliphatic carbocycles. The SMILES string of the molecule is N#CCN1C(=O)C2(OCCCO2)c2c(Cl)ccc(Cl)c21. The summed E-state index contributed by atoms with van der Waals surface area (Å²) >= 11 is 12.4. The second-order valence-electron chi connectivity index (χ2n) is 4.47. The van der Waals surface area contributed by atoms with Crippen molar-refractivity contribution in [1.29, 1.82) is 5.26 Å². The van der Waals surface area contributed by atoms with Crippen LogP contribution in [0.4, 0.5) is 5.69 Å². The highest BCUT2D eigenvalue weighted by Crippen LogP contribution is 2.51. The van der Waals surface area contributed by atoms with Gasteiger partial charge in [-0.05, 0) is 18.6 Å². The Balaban J connectivity index is 2.24. The Morgan fingerprint density at radius 3 is 2.60 bits per heavy atom. The van der Waals surface area contributed by atoms with E-state index in [1.165, 1.54) is 4.90 Å². The van der Waals surface area contributed by atoms with Gasteiger partial charge in [-0.25, -0.2) is 0 Å². The summed E-state index contributed by atoms with van der Waals surface area (Å²) in [5.41, 5.74) is 0.791. The number of carbonyl (C=O) groups excluding carboxylic acids is 1. The largest absolute Gasteiger partial charge is 0.338 e. The van der Waals surface area contributed by atoms with Crippen molar-refractivity contribution in [3.8, 4) is 6.07 Å². The molecule has 2 aliphatic rings. The zero-order valence-electron chi connectivity index (χ0n) is 10.4. The summed E-state index contributed by atoms with van der Waals surface area (Å²) < 4.78 is 11.2. The van der Waals surface area contributed by atoms with Crippen LogP contribution in [0.2, 0.25) is 10.0 Å². The number of fused-ring (bicyclic) bond motifs is 2. The van der Waals surface area contributed by atoms with Gasteiger partial charge in [0, 0.05) is 0 Å². The molecular formula is C13H10Cl2N2O3. The maximum absolute atomic E-state index is 12.6. The van der Waals surface area contributed by atoms with E-state index in [9.17, 15) is 4.79 Å². The molecule has 104 valence electrons. The van der Waals surface area contributed by atoms with Gasteiger partial charge in [0.1, 0.15) is 6.54 Å². The van der Waals surface area contributed by atoms with Crippen LogP contribution in [-0.2, 0) is 20.1 Å². The molecule has 3 rings (SSSR count). The summed E-state index contributed by atoms with van der Waals surface area (Å²) in [5.74, 6) is -2.02. The standard InChI is InChI=1S/C13H10Cl2N2O3/c14-8-2-3-9(15)11-10(8)13(19-6-1-7-20-13)12(18)17(11)5-4-16/h2-3H,1,5-7H2. The van der Waals surface area contributed by atoms with Crippen LogP contribution in [-0.4, -0.2) is 25.7 Å². The molecule has 2 aliphatic heterocycles. The predicted octanol–water partition coefficient (Wildman–Crippen LogP) is 2.45. The van der Waals surface area contributed by atoms with E-state index in [0.29, 0.717) is 40.9 Å². The third-order valence-corrected chi connectivity index (χ3v) is 3.95. The molecule has 0 saturated carbocycles. The monoisotopic (exact) mass is 312 g/mol. The normalized spacial score (nSPS) is 20.1. The van der Waals surface area contributed by atoms with Crippen LogP contribution in [0.15, 0.2) is 12.1 Å². The first kappa shape index (κ1) is 13.7.